The van der Waals surface area contributed by atoms with E-state index in [-0.39, 0.29) is 11.9 Å². The van der Waals surface area contributed by atoms with Crippen molar-refractivity contribution in [2.45, 2.75) is 46.6 Å². The molecule has 170 valence electrons. The molecule has 1 fully saturated rings. The van der Waals surface area contributed by atoms with Crippen LogP contribution in [0.4, 0.5) is 11.5 Å². The molecule has 0 bridgehead atoms. The highest BCUT2D eigenvalue weighted by Crippen LogP contribution is 2.30. The van der Waals surface area contributed by atoms with Gasteiger partial charge in [0.1, 0.15) is 5.82 Å². The van der Waals surface area contributed by atoms with E-state index in [0.29, 0.717) is 35.3 Å². The fourth-order valence-electron chi connectivity index (χ4n) is 4.00. The summed E-state index contributed by atoms with van der Waals surface area (Å²) in [6.07, 6.45) is 3.66. The van der Waals surface area contributed by atoms with Gasteiger partial charge in [0.2, 0.25) is 0 Å². The summed E-state index contributed by atoms with van der Waals surface area (Å²) in [5.74, 6) is 1.07. The van der Waals surface area contributed by atoms with Crippen LogP contribution in [0.15, 0.2) is 46.7 Å². The molecule has 8 heteroatoms. The zero-order valence-electron chi connectivity index (χ0n) is 19.2. The van der Waals surface area contributed by atoms with E-state index in [2.05, 4.69) is 34.1 Å². The van der Waals surface area contributed by atoms with Gasteiger partial charge in [-0.25, -0.2) is 4.98 Å². The number of carbonyl (C=O) groups excluding carboxylic acids is 1. The number of aromatic nitrogens is 1. The molecule has 0 aliphatic carbocycles. The topological polar surface area (TPSA) is 73.2 Å². The Morgan fingerprint density at radius 2 is 2.12 bits per heavy atom. The van der Waals surface area contributed by atoms with Gasteiger partial charge in [-0.15, -0.1) is 0 Å². The number of nitrogens with one attached hydrogen (secondary N) is 1. The lowest BCUT2D eigenvalue weighted by molar-refractivity contribution is 0.0540. The first-order valence-electron chi connectivity index (χ1n) is 10.9. The van der Waals surface area contributed by atoms with Crippen molar-refractivity contribution in [2.75, 3.05) is 23.5 Å². The summed E-state index contributed by atoms with van der Waals surface area (Å²) in [6, 6.07) is 9.41. The number of nitrogens with zero attached hydrogens (tertiary/aromatic N) is 5. The Hall–Kier alpha value is -2.93. The van der Waals surface area contributed by atoms with Gasteiger partial charge >= 0.3 is 0 Å². The maximum Gasteiger partial charge on any atom is 0.256 e. The first-order valence-corrected chi connectivity index (χ1v) is 11.2. The van der Waals surface area contributed by atoms with Crippen LogP contribution in [-0.2, 0) is 0 Å². The van der Waals surface area contributed by atoms with Crippen LogP contribution in [0.1, 0.15) is 49.5 Å². The summed E-state index contributed by atoms with van der Waals surface area (Å²) < 4.78 is 0. The molecule has 1 N–H and O–H groups in total. The van der Waals surface area contributed by atoms with Crippen molar-refractivity contribution in [1.82, 2.24) is 9.88 Å². The van der Waals surface area contributed by atoms with Crippen LogP contribution in [0.5, 0.6) is 0 Å². The van der Waals surface area contributed by atoms with Crippen LogP contribution in [-0.4, -0.2) is 47.4 Å². The molecule has 1 saturated heterocycles. The molecule has 0 unspecified atom stereocenters. The van der Waals surface area contributed by atoms with Gasteiger partial charge in [0, 0.05) is 31.7 Å². The molecule has 1 aromatic heterocycles. The second-order valence-electron chi connectivity index (χ2n) is 8.43. The van der Waals surface area contributed by atoms with Crippen LogP contribution in [0.2, 0.25) is 5.02 Å². The van der Waals surface area contributed by atoms with Gasteiger partial charge in [-0.3, -0.25) is 4.79 Å². The van der Waals surface area contributed by atoms with Crippen molar-refractivity contribution in [1.29, 1.82) is 0 Å². The maximum absolute atomic E-state index is 13.8. The van der Waals surface area contributed by atoms with Crippen LogP contribution >= 0.6 is 11.6 Å². The van der Waals surface area contributed by atoms with Crippen LogP contribution in [0, 0.1) is 12.8 Å². The number of benzene rings is 1. The number of hydrazone groups is 2. The molecule has 2 atom stereocenters. The van der Waals surface area contributed by atoms with Crippen molar-refractivity contribution >= 4 is 41.4 Å². The van der Waals surface area contributed by atoms with E-state index in [1.165, 1.54) is 5.12 Å². The summed E-state index contributed by atoms with van der Waals surface area (Å²) >= 11 is 5.94. The third-order valence-corrected chi connectivity index (χ3v) is 5.85. The number of piperidine rings is 1. The molecule has 0 radical (unpaired) electrons. The molecule has 1 aromatic carbocycles. The number of hydrogen-bond acceptors (Lipinski definition) is 6. The first-order chi connectivity index (χ1) is 15.3. The highest BCUT2D eigenvalue weighted by atomic mass is 35.5. The van der Waals surface area contributed by atoms with Crippen molar-refractivity contribution in [3.8, 4) is 0 Å². The molecule has 0 spiro atoms. The van der Waals surface area contributed by atoms with E-state index in [9.17, 15) is 4.79 Å². The number of halogens is 1. The van der Waals surface area contributed by atoms with Gasteiger partial charge in [0.05, 0.1) is 22.3 Å². The minimum Gasteiger partial charge on any atom is -0.368 e. The van der Waals surface area contributed by atoms with Gasteiger partial charge in [-0.05, 0) is 63.8 Å². The lowest BCUT2D eigenvalue weighted by Gasteiger charge is -2.40. The average molecular weight is 455 g/mol. The quantitative estimate of drug-likeness (QED) is 0.460. The Morgan fingerprint density at radius 1 is 1.34 bits per heavy atom. The van der Waals surface area contributed by atoms with E-state index in [1.807, 2.05) is 49.9 Å². The average Bonchev–Trinajstić information content (AvgIpc) is 2.77. The number of carbonyl (C=O) groups is 1. The van der Waals surface area contributed by atoms with Gasteiger partial charge < -0.3 is 10.2 Å². The summed E-state index contributed by atoms with van der Waals surface area (Å²) in [4.78, 5) is 20.1. The number of rotatable bonds is 7. The second-order valence-corrected chi connectivity index (χ2v) is 8.86. The molecule has 1 aliphatic rings. The Bertz CT molecular complexity index is 986. The van der Waals surface area contributed by atoms with Gasteiger partial charge in [0.15, 0.2) is 0 Å². The standard InChI is InChI=1S/C24H31ClN6O/c1-16(2)29-31(26-5)21-10-8-17(3)13-20(21)24(32)30-12-6-7-18(4)22(30)15-28-23-11-9-19(25)14-27-23/h8-11,13-14,18,22H,5-7,12,15H2,1-4H3,(H,27,28)/t18-,22-/m1/s1. The van der Waals surface area contributed by atoms with E-state index in [1.54, 1.807) is 12.3 Å². The van der Waals surface area contributed by atoms with Crippen molar-refractivity contribution in [3.63, 3.8) is 0 Å². The molecule has 1 amide bonds. The van der Waals surface area contributed by atoms with Crippen LogP contribution < -0.4 is 10.4 Å². The largest absolute Gasteiger partial charge is 0.368 e. The SMILES string of the molecule is C=NN(N=C(C)C)c1ccc(C)cc1C(=O)N1CCC[C@@H](C)[C@H]1CNc1ccc(Cl)cn1. The van der Waals surface area contributed by atoms with Gasteiger partial charge in [-0.2, -0.15) is 15.3 Å². The number of hydrogen-bond donors (Lipinski definition) is 1. The summed E-state index contributed by atoms with van der Waals surface area (Å²) in [7, 11) is 0. The highest BCUT2D eigenvalue weighted by Gasteiger charge is 2.33. The Labute approximate surface area is 195 Å². The summed E-state index contributed by atoms with van der Waals surface area (Å²) in [6.45, 7) is 12.9. The molecule has 2 aromatic rings. The van der Waals surface area contributed by atoms with E-state index in [0.717, 1.165) is 29.9 Å². The zero-order chi connectivity index (χ0) is 23.3. The molecule has 1 aliphatic heterocycles. The summed E-state index contributed by atoms with van der Waals surface area (Å²) in [5.41, 5.74) is 3.02. The van der Waals surface area contributed by atoms with E-state index >= 15 is 0 Å². The number of pyridine rings is 1. The van der Waals surface area contributed by atoms with Crippen LogP contribution in [0.3, 0.4) is 0 Å². The Kier molecular flexibility index (Phi) is 7.85. The first kappa shape index (κ1) is 23.7. The Morgan fingerprint density at radius 3 is 2.78 bits per heavy atom. The van der Waals surface area contributed by atoms with Crippen molar-refractivity contribution < 1.29 is 4.79 Å². The maximum atomic E-state index is 13.8. The molecule has 2 heterocycles. The molecule has 32 heavy (non-hydrogen) atoms. The van der Waals surface area contributed by atoms with Crippen LogP contribution in [0.25, 0.3) is 0 Å². The second kappa shape index (κ2) is 10.6. The third kappa shape index (κ3) is 5.65. The third-order valence-electron chi connectivity index (χ3n) is 5.62. The summed E-state index contributed by atoms with van der Waals surface area (Å²) in [5, 5.41) is 13.8. The fourth-order valence-corrected chi connectivity index (χ4v) is 4.12. The number of aryl methyl sites for hydroxylation is 1. The minimum absolute atomic E-state index is 0.0243. The molecule has 7 nitrogen and oxygen atoms in total. The lowest BCUT2D eigenvalue weighted by atomic mass is 9.89. The fraction of sp³-hybridized carbons (Fsp3) is 0.417. The predicted octanol–water partition coefficient (Wildman–Crippen LogP) is 5.21. The van der Waals surface area contributed by atoms with E-state index < -0.39 is 0 Å². The smallest absolute Gasteiger partial charge is 0.256 e. The number of likely N-dealkylation sites (tertiary alicyclic amines) is 1. The number of amides is 1. The van der Waals surface area contributed by atoms with Gasteiger partial charge in [0.25, 0.3) is 5.91 Å². The van der Waals surface area contributed by atoms with E-state index in [4.69, 9.17) is 11.6 Å². The van der Waals surface area contributed by atoms with Gasteiger partial charge in [-0.1, -0.05) is 30.2 Å². The predicted molar refractivity (Wildman–Crippen MR) is 133 cm³/mol. The number of anilines is 2. The Balaban J connectivity index is 1.90. The molecule has 3 rings (SSSR count). The monoisotopic (exact) mass is 454 g/mol. The van der Waals surface area contributed by atoms with Crippen molar-refractivity contribution in [2.24, 2.45) is 16.1 Å². The highest BCUT2D eigenvalue weighted by molar-refractivity contribution is 6.30. The van der Waals surface area contributed by atoms with Crippen molar-refractivity contribution in [3.05, 3.63) is 52.7 Å². The molecular formula is C24H31ClN6O. The minimum atomic E-state index is -0.0243. The normalized spacial score (nSPS) is 18.1. The molecule has 0 saturated carbocycles. The molecular weight excluding hydrogens is 424 g/mol. The zero-order valence-corrected chi connectivity index (χ0v) is 19.9. The lowest BCUT2D eigenvalue weighted by Crippen LogP contribution is -2.51.